The van der Waals surface area contributed by atoms with Crippen LogP contribution in [0.5, 0.6) is 5.75 Å². The van der Waals surface area contributed by atoms with E-state index in [0.717, 1.165) is 13.1 Å². The number of aromatic nitrogens is 2. The van der Waals surface area contributed by atoms with Gasteiger partial charge in [-0.1, -0.05) is 35.5 Å². The molecule has 2 N–H and O–H groups in total. The molecular formula is C20H22ClFN4O2. The Labute approximate surface area is 168 Å². The molecule has 1 saturated heterocycles. The minimum atomic E-state index is -0.304. The maximum atomic E-state index is 12.9. The van der Waals surface area contributed by atoms with Crippen LogP contribution in [0.2, 0.25) is 0 Å². The van der Waals surface area contributed by atoms with Gasteiger partial charge >= 0.3 is 0 Å². The highest BCUT2D eigenvalue weighted by molar-refractivity contribution is 5.85. The Kier molecular flexibility index (Phi) is 6.61. The Bertz CT molecular complexity index is 875. The summed E-state index contributed by atoms with van der Waals surface area (Å²) in [7, 11) is 0. The van der Waals surface area contributed by atoms with E-state index < -0.39 is 0 Å². The van der Waals surface area contributed by atoms with Gasteiger partial charge in [0.2, 0.25) is 11.7 Å². The largest absolute Gasteiger partial charge is 0.485 e. The maximum absolute atomic E-state index is 12.9. The Morgan fingerprint density at radius 1 is 1.11 bits per heavy atom. The summed E-state index contributed by atoms with van der Waals surface area (Å²) in [5.74, 6) is 1.54. The van der Waals surface area contributed by atoms with E-state index in [4.69, 9.17) is 15.0 Å². The van der Waals surface area contributed by atoms with Gasteiger partial charge in [0.25, 0.3) is 0 Å². The number of likely N-dealkylation sites (tertiary alicyclic amines) is 1. The molecular weight excluding hydrogens is 383 g/mol. The Morgan fingerprint density at radius 2 is 1.86 bits per heavy atom. The number of benzene rings is 2. The zero-order valence-electron chi connectivity index (χ0n) is 15.2. The molecule has 1 aromatic heterocycles. The molecule has 0 amide bonds. The van der Waals surface area contributed by atoms with Crippen LogP contribution >= 0.6 is 12.4 Å². The first-order valence-electron chi connectivity index (χ1n) is 8.90. The van der Waals surface area contributed by atoms with Crippen LogP contribution < -0.4 is 10.5 Å². The fourth-order valence-electron chi connectivity index (χ4n) is 3.38. The van der Waals surface area contributed by atoms with Crippen molar-refractivity contribution in [2.75, 3.05) is 13.1 Å². The van der Waals surface area contributed by atoms with Crippen molar-refractivity contribution in [1.29, 1.82) is 0 Å². The summed E-state index contributed by atoms with van der Waals surface area (Å²) < 4.78 is 23.8. The standard InChI is InChI=1S/C20H21FN4O2.ClH/c21-15-6-8-16(9-7-15)26-13-19-23-20(27-24-19)12-25-10-17(18(22)11-25)14-4-2-1-3-5-14;/h1-9,17-18H,10-13,22H2;1H/t17-,18+;/m0./s1. The monoisotopic (exact) mass is 404 g/mol. The number of nitrogens with zero attached hydrogens (tertiary/aromatic N) is 3. The number of hydrogen-bond donors (Lipinski definition) is 1. The summed E-state index contributed by atoms with van der Waals surface area (Å²) in [6.07, 6.45) is 0. The van der Waals surface area contributed by atoms with Gasteiger partial charge in [-0.3, -0.25) is 4.90 Å². The lowest BCUT2D eigenvalue weighted by Crippen LogP contribution is -2.28. The lowest BCUT2D eigenvalue weighted by Gasteiger charge is -2.14. The molecule has 0 bridgehead atoms. The van der Waals surface area contributed by atoms with Crippen molar-refractivity contribution in [3.05, 3.63) is 77.7 Å². The minimum absolute atomic E-state index is 0. The molecule has 2 atom stereocenters. The predicted molar refractivity (Wildman–Crippen MR) is 105 cm³/mol. The Balaban J connectivity index is 0.00000225. The minimum Gasteiger partial charge on any atom is -0.485 e. The third-order valence-corrected chi connectivity index (χ3v) is 4.72. The number of halogens is 2. The van der Waals surface area contributed by atoms with E-state index >= 15 is 0 Å². The van der Waals surface area contributed by atoms with Gasteiger partial charge in [0.05, 0.1) is 6.54 Å². The van der Waals surface area contributed by atoms with Crippen LogP contribution in [-0.4, -0.2) is 34.2 Å². The van der Waals surface area contributed by atoms with E-state index in [1.54, 1.807) is 12.1 Å². The van der Waals surface area contributed by atoms with Gasteiger partial charge in [-0.05, 0) is 29.8 Å². The highest BCUT2D eigenvalue weighted by atomic mass is 35.5. The fourth-order valence-corrected chi connectivity index (χ4v) is 3.38. The summed E-state index contributed by atoms with van der Waals surface area (Å²) in [6.45, 7) is 2.36. The smallest absolute Gasteiger partial charge is 0.240 e. The molecule has 0 spiro atoms. The molecule has 0 unspecified atom stereocenters. The first-order chi connectivity index (χ1) is 13.2. The van der Waals surface area contributed by atoms with E-state index in [2.05, 4.69) is 27.2 Å². The van der Waals surface area contributed by atoms with Gasteiger partial charge in [-0.15, -0.1) is 12.4 Å². The fraction of sp³-hybridized carbons (Fsp3) is 0.300. The molecule has 0 radical (unpaired) electrons. The van der Waals surface area contributed by atoms with Crippen LogP contribution in [-0.2, 0) is 13.2 Å². The van der Waals surface area contributed by atoms with Crippen molar-refractivity contribution in [1.82, 2.24) is 15.0 Å². The van der Waals surface area contributed by atoms with E-state index in [1.165, 1.54) is 17.7 Å². The Morgan fingerprint density at radius 3 is 2.61 bits per heavy atom. The van der Waals surface area contributed by atoms with E-state index in [9.17, 15) is 4.39 Å². The second-order valence-corrected chi connectivity index (χ2v) is 6.72. The topological polar surface area (TPSA) is 77.4 Å². The van der Waals surface area contributed by atoms with Crippen LogP contribution in [0, 0.1) is 5.82 Å². The number of hydrogen-bond acceptors (Lipinski definition) is 6. The molecule has 4 rings (SSSR count). The zero-order valence-corrected chi connectivity index (χ0v) is 16.0. The average molecular weight is 405 g/mol. The molecule has 2 heterocycles. The first kappa shape index (κ1) is 20.3. The normalized spacial score (nSPS) is 19.4. The van der Waals surface area contributed by atoms with Crippen LogP contribution in [0.4, 0.5) is 4.39 Å². The second kappa shape index (κ2) is 9.14. The third kappa shape index (κ3) is 4.86. The first-order valence-corrected chi connectivity index (χ1v) is 8.90. The van der Waals surface area contributed by atoms with Gasteiger partial charge in [0.1, 0.15) is 11.6 Å². The van der Waals surface area contributed by atoms with Crippen molar-refractivity contribution in [3.63, 3.8) is 0 Å². The highest BCUT2D eigenvalue weighted by Gasteiger charge is 2.31. The SMILES string of the molecule is Cl.N[C@@H]1CN(Cc2nc(COc3ccc(F)cc3)no2)C[C@H]1c1ccccc1. The summed E-state index contributed by atoms with van der Waals surface area (Å²) in [5.41, 5.74) is 7.58. The molecule has 3 aromatic rings. The molecule has 2 aromatic carbocycles. The third-order valence-electron chi connectivity index (χ3n) is 4.72. The molecule has 148 valence electrons. The van der Waals surface area contributed by atoms with Gasteiger partial charge in [-0.25, -0.2) is 4.39 Å². The van der Waals surface area contributed by atoms with Crippen molar-refractivity contribution in [2.45, 2.75) is 25.1 Å². The maximum Gasteiger partial charge on any atom is 0.240 e. The summed E-state index contributed by atoms with van der Waals surface area (Å²) in [6, 6.07) is 16.2. The van der Waals surface area contributed by atoms with E-state index in [-0.39, 0.29) is 30.9 Å². The molecule has 8 heteroatoms. The highest BCUT2D eigenvalue weighted by Crippen LogP contribution is 2.27. The Hall–Kier alpha value is -2.48. The van der Waals surface area contributed by atoms with Crippen LogP contribution in [0.15, 0.2) is 59.1 Å². The predicted octanol–water partition coefficient (Wildman–Crippen LogP) is 3.14. The van der Waals surface area contributed by atoms with Gasteiger partial charge < -0.3 is 15.0 Å². The molecule has 1 fully saturated rings. The lowest BCUT2D eigenvalue weighted by molar-refractivity contribution is 0.258. The van der Waals surface area contributed by atoms with E-state index in [0.29, 0.717) is 29.9 Å². The van der Waals surface area contributed by atoms with Crippen LogP contribution in [0.25, 0.3) is 0 Å². The van der Waals surface area contributed by atoms with Crippen molar-refractivity contribution in [2.24, 2.45) is 5.73 Å². The van der Waals surface area contributed by atoms with Gasteiger partial charge in [0, 0.05) is 25.0 Å². The van der Waals surface area contributed by atoms with Gasteiger partial charge in [-0.2, -0.15) is 4.98 Å². The lowest BCUT2D eigenvalue weighted by atomic mass is 9.95. The average Bonchev–Trinajstić information content (AvgIpc) is 3.28. The molecule has 0 saturated carbocycles. The summed E-state index contributed by atoms with van der Waals surface area (Å²) >= 11 is 0. The molecule has 0 aliphatic carbocycles. The van der Waals surface area contributed by atoms with Gasteiger partial charge in [0.15, 0.2) is 6.61 Å². The molecule has 1 aliphatic heterocycles. The van der Waals surface area contributed by atoms with Crippen LogP contribution in [0.3, 0.4) is 0 Å². The molecule has 28 heavy (non-hydrogen) atoms. The second-order valence-electron chi connectivity index (χ2n) is 6.72. The summed E-state index contributed by atoms with van der Waals surface area (Å²) in [5, 5.41) is 3.94. The quantitative estimate of drug-likeness (QED) is 0.680. The number of rotatable bonds is 6. The van der Waals surface area contributed by atoms with Crippen molar-refractivity contribution in [3.8, 4) is 5.75 Å². The molecule has 6 nitrogen and oxygen atoms in total. The number of ether oxygens (including phenoxy) is 1. The van der Waals surface area contributed by atoms with Crippen LogP contribution in [0.1, 0.15) is 23.2 Å². The zero-order chi connectivity index (χ0) is 18.6. The van der Waals surface area contributed by atoms with Crippen molar-refractivity contribution < 1.29 is 13.7 Å². The molecule has 1 aliphatic rings. The van der Waals surface area contributed by atoms with Crippen molar-refractivity contribution >= 4 is 12.4 Å². The van der Waals surface area contributed by atoms with E-state index in [1.807, 2.05) is 18.2 Å². The number of nitrogens with two attached hydrogens (primary N) is 1. The summed E-state index contributed by atoms with van der Waals surface area (Å²) in [4.78, 5) is 6.59.